The number of amides is 1. The number of nitrogens with one attached hydrogen (secondary N) is 1. The van der Waals surface area contributed by atoms with Crippen LogP contribution in [-0.2, 0) is 4.79 Å². The van der Waals surface area contributed by atoms with E-state index in [4.69, 9.17) is 15.5 Å². The zero-order chi connectivity index (χ0) is 24.5. The van der Waals surface area contributed by atoms with Crippen molar-refractivity contribution in [3.63, 3.8) is 0 Å². The largest absolute Gasteiger partial charge is 0.475 e. The van der Waals surface area contributed by atoms with E-state index in [1.807, 2.05) is 20.0 Å². The van der Waals surface area contributed by atoms with Gasteiger partial charge in [0.15, 0.2) is 0 Å². The van der Waals surface area contributed by atoms with E-state index in [-0.39, 0.29) is 23.3 Å². The van der Waals surface area contributed by atoms with Crippen molar-refractivity contribution in [3.05, 3.63) is 47.2 Å². The molecule has 1 aliphatic rings. The average Bonchev–Trinajstić information content (AvgIpc) is 3.22. The Hall–Kier alpha value is -3.00. The molecule has 0 spiro atoms. The monoisotopic (exact) mass is 479 g/mol. The van der Waals surface area contributed by atoms with E-state index in [1.165, 1.54) is 0 Å². The maximum Gasteiger partial charge on any atom is 0.230 e. The summed E-state index contributed by atoms with van der Waals surface area (Å²) in [4.78, 5) is 26.5. The van der Waals surface area contributed by atoms with Crippen molar-refractivity contribution in [3.8, 4) is 16.3 Å². The third-order valence-electron chi connectivity index (χ3n) is 6.34. The highest BCUT2D eigenvalue weighted by atomic mass is 32.1. The van der Waals surface area contributed by atoms with Crippen molar-refractivity contribution >= 4 is 28.9 Å². The fourth-order valence-electron chi connectivity index (χ4n) is 4.82. The lowest BCUT2D eigenvalue weighted by atomic mass is 9.65. The van der Waals surface area contributed by atoms with E-state index in [0.717, 1.165) is 46.0 Å². The first-order valence-electron chi connectivity index (χ1n) is 11.7. The van der Waals surface area contributed by atoms with E-state index < -0.39 is 0 Å². The molecule has 2 unspecified atom stereocenters. The van der Waals surface area contributed by atoms with Crippen molar-refractivity contribution < 1.29 is 9.53 Å². The van der Waals surface area contributed by atoms with E-state index >= 15 is 0 Å². The SMILES string of the molecule is Cc1cc(Nc2nccc(OC(C)C)n2)cc(-c2cnc(C3CCC(C(N)=O)C(C)(C)C3)s2)c1. The maximum absolute atomic E-state index is 11.9. The fraction of sp³-hybridized carbons (Fsp3) is 0.462. The second-order valence-electron chi connectivity index (χ2n) is 10.1. The maximum atomic E-state index is 11.9. The Kier molecular flexibility index (Phi) is 6.89. The van der Waals surface area contributed by atoms with Gasteiger partial charge in [0.05, 0.1) is 16.0 Å². The molecule has 7 nitrogen and oxygen atoms in total. The van der Waals surface area contributed by atoms with Gasteiger partial charge in [0, 0.05) is 36.0 Å². The zero-order valence-corrected chi connectivity index (χ0v) is 21.3. The molecule has 2 heterocycles. The summed E-state index contributed by atoms with van der Waals surface area (Å²) in [5.41, 5.74) is 8.68. The number of anilines is 2. The van der Waals surface area contributed by atoms with Gasteiger partial charge in [-0.15, -0.1) is 11.3 Å². The molecule has 0 radical (unpaired) electrons. The number of nitrogens with two attached hydrogens (primary N) is 1. The van der Waals surface area contributed by atoms with E-state index in [2.05, 4.69) is 54.3 Å². The Bertz CT molecular complexity index is 1170. The van der Waals surface area contributed by atoms with Crippen molar-refractivity contribution in [2.24, 2.45) is 17.1 Å². The van der Waals surface area contributed by atoms with Gasteiger partial charge in [0.25, 0.3) is 0 Å². The molecule has 4 rings (SSSR count). The molecule has 34 heavy (non-hydrogen) atoms. The number of carbonyl (C=O) groups excluding carboxylic acids is 1. The molecule has 0 aliphatic heterocycles. The molecule has 1 saturated carbocycles. The Morgan fingerprint density at radius 1 is 1.24 bits per heavy atom. The summed E-state index contributed by atoms with van der Waals surface area (Å²) >= 11 is 1.73. The third kappa shape index (κ3) is 5.55. The van der Waals surface area contributed by atoms with Crippen LogP contribution in [0.15, 0.2) is 36.7 Å². The van der Waals surface area contributed by atoms with Gasteiger partial charge in [0.1, 0.15) is 0 Å². The fourth-order valence-corrected chi connectivity index (χ4v) is 5.86. The summed E-state index contributed by atoms with van der Waals surface area (Å²) in [7, 11) is 0. The first-order chi connectivity index (χ1) is 16.1. The van der Waals surface area contributed by atoms with Crippen LogP contribution in [0, 0.1) is 18.3 Å². The first kappa shape index (κ1) is 24.1. The van der Waals surface area contributed by atoms with Gasteiger partial charge >= 0.3 is 0 Å². The predicted octanol–water partition coefficient (Wildman–Crippen LogP) is 5.83. The number of hydrogen-bond donors (Lipinski definition) is 2. The number of hydrogen-bond acceptors (Lipinski definition) is 7. The normalized spacial score (nSPS) is 19.7. The van der Waals surface area contributed by atoms with Gasteiger partial charge in [-0.25, -0.2) is 9.97 Å². The number of nitrogens with zero attached hydrogens (tertiary/aromatic N) is 3. The summed E-state index contributed by atoms with van der Waals surface area (Å²) in [5.74, 6) is 1.13. The number of benzene rings is 1. The minimum absolute atomic E-state index is 0.0465. The van der Waals surface area contributed by atoms with Gasteiger partial charge in [-0.2, -0.15) is 4.98 Å². The van der Waals surface area contributed by atoms with Crippen LogP contribution in [0.2, 0.25) is 0 Å². The molecule has 1 fully saturated rings. The molecule has 3 N–H and O–H groups in total. The van der Waals surface area contributed by atoms with Crippen molar-refractivity contribution in [2.45, 2.75) is 65.9 Å². The van der Waals surface area contributed by atoms with Crippen LogP contribution in [0.5, 0.6) is 5.88 Å². The number of primary amides is 1. The molecule has 1 amide bonds. The van der Waals surface area contributed by atoms with Crippen molar-refractivity contribution in [1.29, 1.82) is 0 Å². The average molecular weight is 480 g/mol. The standard InChI is InChI=1S/C26H33N5O2S/c1-15(2)33-22-8-9-28-25(31-22)30-19-11-16(3)10-18(12-19)21-14-29-24(34-21)17-6-7-20(23(27)32)26(4,5)13-17/h8-12,14-15,17,20H,6-7,13H2,1-5H3,(H2,27,32)(H,28,30,31). The molecular formula is C26H33N5O2S. The van der Waals surface area contributed by atoms with Gasteiger partial charge in [-0.1, -0.05) is 19.9 Å². The number of aromatic nitrogens is 3. The van der Waals surface area contributed by atoms with Gasteiger partial charge in [-0.3, -0.25) is 4.79 Å². The zero-order valence-electron chi connectivity index (χ0n) is 20.5. The molecule has 0 bridgehead atoms. The highest BCUT2D eigenvalue weighted by Crippen LogP contribution is 2.48. The highest BCUT2D eigenvalue weighted by Gasteiger charge is 2.41. The minimum atomic E-state index is -0.187. The molecule has 2 atom stereocenters. The predicted molar refractivity (Wildman–Crippen MR) is 136 cm³/mol. The van der Waals surface area contributed by atoms with Crippen molar-refractivity contribution in [1.82, 2.24) is 15.0 Å². The van der Waals surface area contributed by atoms with E-state index in [0.29, 0.717) is 17.7 Å². The van der Waals surface area contributed by atoms with Crippen LogP contribution in [0.25, 0.3) is 10.4 Å². The summed E-state index contributed by atoms with van der Waals surface area (Å²) in [5, 5.41) is 4.43. The Labute approximate surface area is 205 Å². The van der Waals surface area contributed by atoms with Gasteiger partial charge < -0.3 is 15.8 Å². The third-order valence-corrected chi connectivity index (χ3v) is 7.55. The molecule has 2 aromatic heterocycles. The molecule has 1 aliphatic carbocycles. The van der Waals surface area contributed by atoms with Gasteiger partial charge in [0.2, 0.25) is 17.7 Å². The number of aryl methyl sites for hydroxylation is 1. The lowest BCUT2D eigenvalue weighted by molar-refractivity contribution is -0.127. The molecule has 1 aromatic carbocycles. The molecule has 8 heteroatoms. The lowest BCUT2D eigenvalue weighted by Gasteiger charge is -2.40. The topological polar surface area (TPSA) is 103 Å². The summed E-state index contributed by atoms with van der Waals surface area (Å²) in [6.07, 6.45) is 6.37. The van der Waals surface area contributed by atoms with Crippen LogP contribution in [-0.4, -0.2) is 27.0 Å². The second-order valence-corrected chi connectivity index (χ2v) is 11.1. The first-order valence-corrected chi connectivity index (χ1v) is 12.6. The van der Waals surface area contributed by atoms with E-state index in [1.54, 1.807) is 23.6 Å². The van der Waals surface area contributed by atoms with Crippen LogP contribution in [0.1, 0.15) is 63.4 Å². The smallest absolute Gasteiger partial charge is 0.230 e. The highest BCUT2D eigenvalue weighted by molar-refractivity contribution is 7.15. The van der Waals surface area contributed by atoms with Crippen LogP contribution < -0.4 is 15.8 Å². The lowest BCUT2D eigenvalue weighted by Crippen LogP contribution is -2.40. The second kappa shape index (κ2) is 9.70. The van der Waals surface area contributed by atoms with Crippen molar-refractivity contribution in [2.75, 3.05) is 5.32 Å². The van der Waals surface area contributed by atoms with Gasteiger partial charge in [-0.05, 0) is 68.7 Å². The Balaban J connectivity index is 1.53. The quantitative estimate of drug-likeness (QED) is 0.442. The molecule has 180 valence electrons. The summed E-state index contributed by atoms with van der Waals surface area (Å²) in [6, 6.07) is 8.08. The number of ether oxygens (including phenoxy) is 1. The Morgan fingerprint density at radius 3 is 2.74 bits per heavy atom. The minimum Gasteiger partial charge on any atom is -0.475 e. The molecular weight excluding hydrogens is 446 g/mol. The number of rotatable bonds is 7. The summed E-state index contributed by atoms with van der Waals surface area (Å²) in [6.45, 7) is 10.3. The molecule has 0 saturated heterocycles. The van der Waals surface area contributed by atoms with Crippen LogP contribution in [0.3, 0.4) is 0 Å². The van der Waals surface area contributed by atoms with E-state index in [9.17, 15) is 4.79 Å². The number of carbonyl (C=O) groups is 1. The Morgan fingerprint density at radius 2 is 2.03 bits per heavy atom. The molecule has 3 aromatic rings. The summed E-state index contributed by atoms with van der Waals surface area (Å²) < 4.78 is 5.68. The number of thiazole rings is 1. The van der Waals surface area contributed by atoms with Crippen LogP contribution >= 0.6 is 11.3 Å². The van der Waals surface area contributed by atoms with Crippen LogP contribution in [0.4, 0.5) is 11.6 Å².